The van der Waals surface area contributed by atoms with Crippen LogP contribution in [0.2, 0.25) is 0 Å². The van der Waals surface area contributed by atoms with Crippen molar-refractivity contribution in [2.75, 3.05) is 0 Å². The molecule has 5 heteroatoms. The Hall–Kier alpha value is -0.100. The molecule has 1 aromatic rings. The maximum absolute atomic E-state index is 8.63. The van der Waals surface area contributed by atoms with E-state index in [1.165, 1.54) is 0 Å². The van der Waals surface area contributed by atoms with Crippen LogP contribution in [-0.4, -0.2) is 51.1 Å². The maximum atomic E-state index is 8.63. The molecule has 0 heterocycles. The van der Waals surface area contributed by atoms with Gasteiger partial charge in [0.05, 0.1) is 0 Å². The molecular formula is C6H12NaO4. The van der Waals surface area contributed by atoms with E-state index >= 15 is 0 Å². The molecule has 11 heavy (non-hydrogen) atoms. The van der Waals surface area contributed by atoms with Gasteiger partial charge in [-0.05, 0) is 12.1 Å². The van der Waals surface area contributed by atoms with Crippen molar-refractivity contribution in [1.82, 2.24) is 0 Å². The molecule has 0 fully saturated rings. The molecule has 0 bridgehead atoms. The molecule has 0 unspecified atom stereocenters. The molecule has 61 valence electrons. The molecule has 0 saturated carbocycles. The van der Waals surface area contributed by atoms with Crippen LogP contribution in [0, 0.1) is 0 Å². The number of phenolic OH excluding ortho intramolecular Hbond substituents is 1. The van der Waals surface area contributed by atoms with E-state index in [0.29, 0.717) is 5.75 Å². The summed E-state index contributed by atoms with van der Waals surface area (Å²) < 4.78 is 0. The summed E-state index contributed by atoms with van der Waals surface area (Å²) in [5.74, 6) is 0.322. The van der Waals surface area contributed by atoms with Crippen molar-refractivity contribution in [3.05, 3.63) is 30.3 Å². The smallest absolute Gasteiger partial charge is 0.115 e. The minimum Gasteiger partial charge on any atom is -0.508 e. The summed E-state index contributed by atoms with van der Waals surface area (Å²) in [5, 5.41) is 8.63. The Kier molecular flexibility index (Phi) is 25.6. The molecule has 1 rings (SSSR count). The molecule has 0 spiro atoms. The zero-order chi connectivity index (χ0) is 5.11. The quantitative estimate of drug-likeness (QED) is 0.472. The van der Waals surface area contributed by atoms with Crippen LogP contribution in [0.15, 0.2) is 30.3 Å². The number of benzene rings is 1. The third-order valence-corrected chi connectivity index (χ3v) is 0.756. The fraction of sp³-hybridized carbons (Fsp3) is 0. The number of hydrogen-bond acceptors (Lipinski definition) is 1. The topological polar surface area (TPSA) is 115 Å². The van der Waals surface area contributed by atoms with Gasteiger partial charge < -0.3 is 21.5 Å². The molecule has 0 aromatic heterocycles. The summed E-state index contributed by atoms with van der Waals surface area (Å²) in [6.07, 6.45) is 0. The van der Waals surface area contributed by atoms with Gasteiger partial charge in [0.1, 0.15) is 5.75 Å². The summed E-state index contributed by atoms with van der Waals surface area (Å²) in [7, 11) is 0. The van der Waals surface area contributed by atoms with Crippen molar-refractivity contribution < 1.29 is 21.5 Å². The first kappa shape index (κ1) is 22.4. The van der Waals surface area contributed by atoms with E-state index in [9.17, 15) is 0 Å². The van der Waals surface area contributed by atoms with Gasteiger partial charge in [0.2, 0.25) is 0 Å². The van der Waals surface area contributed by atoms with Crippen molar-refractivity contribution in [3.63, 3.8) is 0 Å². The van der Waals surface area contributed by atoms with Crippen LogP contribution >= 0.6 is 0 Å². The van der Waals surface area contributed by atoms with Gasteiger partial charge in [-0.3, -0.25) is 0 Å². The minimum atomic E-state index is 0. The average molecular weight is 171 g/mol. The molecule has 0 aliphatic rings. The predicted molar refractivity (Wildman–Crippen MR) is 44.7 cm³/mol. The number of hydrogen-bond donors (Lipinski definition) is 1. The molecule has 0 aliphatic heterocycles. The number of rotatable bonds is 0. The number of aromatic hydroxyl groups is 1. The second kappa shape index (κ2) is 12.6. The standard InChI is InChI=1S/C6H6O.Na.3H2O/c7-6-4-2-1-3-5-6;;;;/h1-5,7H;;3*1H2. The fourth-order valence-corrected chi connectivity index (χ4v) is 0.428. The molecule has 4 nitrogen and oxygen atoms in total. The monoisotopic (exact) mass is 171 g/mol. The Balaban J connectivity index is -0.0000000612. The van der Waals surface area contributed by atoms with E-state index in [2.05, 4.69) is 0 Å². The zero-order valence-corrected chi connectivity index (χ0v) is 8.33. The third kappa shape index (κ3) is 9.90. The van der Waals surface area contributed by atoms with Gasteiger partial charge in [0, 0.05) is 29.6 Å². The van der Waals surface area contributed by atoms with Crippen LogP contribution in [0.3, 0.4) is 0 Å². The molecule has 0 aliphatic carbocycles. The van der Waals surface area contributed by atoms with Gasteiger partial charge in [-0.25, -0.2) is 0 Å². The normalized spacial score (nSPS) is 5.45. The SMILES string of the molecule is O.O.O.Oc1ccccc1.[Na]. The van der Waals surface area contributed by atoms with Gasteiger partial charge in [-0.2, -0.15) is 0 Å². The zero-order valence-electron chi connectivity index (χ0n) is 6.33. The first-order valence-corrected chi connectivity index (χ1v) is 2.13. The van der Waals surface area contributed by atoms with Gasteiger partial charge in [0.25, 0.3) is 0 Å². The molecule has 1 aromatic carbocycles. The maximum Gasteiger partial charge on any atom is 0.115 e. The van der Waals surface area contributed by atoms with Crippen molar-refractivity contribution in [2.45, 2.75) is 0 Å². The van der Waals surface area contributed by atoms with Crippen LogP contribution in [0.1, 0.15) is 0 Å². The van der Waals surface area contributed by atoms with Crippen LogP contribution in [0.5, 0.6) is 5.75 Å². The van der Waals surface area contributed by atoms with Crippen LogP contribution in [0.4, 0.5) is 0 Å². The Labute approximate surface area is 87.1 Å². The number of para-hydroxylation sites is 1. The van der Waals surface area contributed by atoms with Gasteiger partial charge >= 0.3 is 0 Å². The van der Waals surface area contributed by atoms with Crippen molar-refractivity contribution in [3.8, 4) is 5.75 Å². The second-order valence-electron chi connectivity index (χ2n) is 1.34. The molecule has 0 amide bonds. The molecule has 0 atom stereocenters. The predicted octanol–water partition coefficient (Wildman–Crippen LogP) is -1.46. The Bertz CT molecular complexity index is 145. The van der Waals surface area contributed by atoms with E-state index in [0.717, 1.165) is 0 Å². The second-order valence-corrected chi connectivity index (χ2v) is 1.34. The number of phenols is 1. The van der Waals surface area contributed by atoms with Gasteiger partial charge in [0.15, 0.2) is 0 Å². The largest absolute Gasteiger partial charge is 0.508 e. The fourth-order valence-electron chi connectivity index (χ4n) is 0.428. The van der Waals surface area contributed by atoms with E-state index in [1.54, 1.807) is 24.3 Å². The summed E-state index contributed by atoms with van der Waals surface area (Å²) in [5.41, 5.74) is 0. The van der Waals surface area contributed by atoms with E-state index in [1.807, 2.05) is 6.07 Å². The molecule has 1 radical (unpaired) electrons. The average Bonchev–Trinajstić information content (AvgIpc) is 1.69. The van der Waals surface area contributed by atoms with Crippen molar-refractivity contribution in [1.29, 1.82) is 0 Å². The summed E-state index contributed by atoms with van der Waals surface area (Å²) in [6, 6.07) is 8.71. The molecular weight excluding hydrogens is 159 g/mol. The van der Waals surface area contributed by atoms with Crippen molar-refractivity contribution in [2.24, 2.45) is 0 Å². The van der Waals surface area contributed by atoms with Crippen LogP contribution in [-0.2, 0) is 0 Å². The Morgan fingerprint density at radius 3 is 1.36 bits per heavy atom. The Morgan fingerprint density at radius 1 is 0.818 bits per heavy atom. The van der Waals surface area contributed by atoms with Crippen LogP contribution < -0.4 is 0 Å². The summed E-state index contributed by atoms with van der Waals surface area (Å²) >= 11 is 0. The first-order chi connectivity index (χ1) is 3.39. The first-order valence-electron chi connectivity index (χ1n) is 2.13. The van der Waals surface area contributed by atoms with Crippen LogP contribution in [0.25, 0.3) is 0 Å². The van der Waals surface area contributed by atoms with Gasteiger partial charge in [-0.1, -0.05) is 18.2 Å². The summed E-state index contributed by atoms with van der Waals surface area (Å²) in [6.45, 7) is 0. The van der Waals surface area contributed by atoms with E-state index < -0.39 is 0 Å². The Morgan fingerprint density at radius 2 is 1.18 bits per heavy atom. The summed E-state index contributed by atoms with van der Waals surface area (Å²) in [4.78, 5) is 0. The van der Waals surface area contributed by atoms with E-state index in [-0.39, 0.29) is 46.0 Å². The molecule has 0 saturated heterocycles. The minimum absolute atomic E-state index is 0. The third-order valence-electron chi connectivity index (χ3n) is 0.756. The van der Waals surface area contributed by atoms with Gasteiger partial charge in [-0.15, -0.1) is 0 Å². The van der Waals surface area contributed by atoms with Crippen molar-refractivity contribution >= 4 is 29.6 Å². The molecule has 7 N–H and O–H groups in total. The van der Waals surface area contributed by atoms with E-state index in [4.69, 9.17) is 5.11 Å².